The molecule has 0 spiro atoms. The van der Waals surface area contributed by atoms with Crippen LogP contribution in [-0.4, -0.2) is 60.0 Å². The van der Waals surface area contributed by atoms with E-state index in [9.17, 15) is 4.79 Å². The standard InChI is InChI=1S/C19H25N5O/c25-18(20-11-8-17-6-2-1-3-7-17)16-23-12-5-13-24(15-14-23)19-21-9-4-10-22-19/h1-4,6-7,9-10H,5,8,11-16H2,(H,20,25). The van der Waals surface area contributed by atoms with Crippen LogP contribution in [0.1, 0.15) is 12.0 Å². The number of carbonyl (C=O) groups is 1. The minimum absolute atomic E-state index is 0.0975. The highest BCUT2D eigenvalue weighted by atomic mass is 16.2. The first kappa shape index (κ1) is 17.4. The Morgan fingerprint density at radius 1 is 1.00 bits per heavy atom. The summed E-state index contributed by atoms with van der Waals surface area (Å²) in [7, 11) is 0. The Kier molecular flexibility index (Phi) is 6.34. The van der Waals surface area contributed by atoms with E-state index >= 15 is 0 Å². The molecular weight excluding hydrogens is 314 g/mol. The lowest BCUT2D eigenvalue weighted by molar-refractivity contribution is -0.122. The van der Waals surface area contributed by atoms with Crippen molar-refractivity contribution in [3.8, 4) is 0 Å². The molecule has 1 fully saturated rings. The number of anilines is 1. The average molecular weight is 339 g/mol. The monoisotopic (exact) mass is 339 g/mol. The maximum atomic E-state index is 12.2. The van der Waals surface area contributed by atoms with E-state index in [0.29, 0.717) is 13.1 Å². The Labute approximate surface area is 148 Å². The molecule has 2 heterocycles. The number of hydrogen-bond donors (Lipinski definition) is 1. The number of amides is 1. The van der Waals surface area contributed by atoms with Crippen molar-refractivity contribution in [3.63, 3.8) is 0 Å². The molecule has 0 radical (unpaired) electrons. The highest BCUT2D eigenvalue weighted by molar-refractivity contribution is 5.78. The second kappa shape index (κ2) is 9.13. The molecule has 0 atom stereocenters. The van der Waals surface area contributed by atoms with Gasteiger partial charge in [0.1, 0.15) is 0 Å². The molecule has 0 aliphatic carbocycles. The van der Waals surface area contributed by atoms with Gasteiger partial charge in [-0.3, -0.25) is 9.69 Å². The maximum absolute atomic E-state index is 12.2. The van der Waals surface area contributed by atoms with Crippen molar-refractivity contribution in [2.45, 2.75) is 12.8 Å². The minimum Gasteiger partial charge on any atom is -0.355 e. The zero-order chi connectivity index (χ0) is 17.3. The third kappa shape index (κ3) is 5.53. The molecule has 1 N–H and O–H groups in total. The third-order valence-electron chi connectivity index (χ3n) is 4.37. The molecule has 1 amide bonds. The summed E-state index contributed by atoms with van der Waals surface area (Å²) in [5, 5.41) is 3.02. The van der Waals surface area contributed by atoms with Gasteiger partial charge in [-0.25, -0.2) is 9.97 Å². The first-order chi connectivity index (χ1) is 12.3. The van der Waals surface area contributed by atoms with Gasteiger partial charge in [-0.1, -0.05) is 30.3 Å². The number of hydrogen-bond acceptors (Lipinski definition) is 5. The highest BCUT2D eigenvalue weighted by Crippen LogP contribution is 2.09. The van der Waals surface area contributed by atoms with Crippen LogP contribution in [0.4, 0.5) is 5.95 Å². The number of nitrogens with one attached hydrogen (secondary N) is 1. The number of benzene rings is 1. The van der Waals surface area contributed by atoms with Gasteiger partial charge in [0.25, 0.3) is 0 Å². The van der Waals surface area contributed by atoms with Crippen molar-refractivity contribution in [2.24, 2.45) is 0 Å². The predicted molar refractivity (Wildman–Crippen MR) is 98.5 cm³/mol. The van der Waals surface area contributed by atoms with E-state index in [0.717, 1.165) is 45.0 Å². The Morgan fingerprint density at radius 2 is 1.80 bits per heavy atom. The fraction of sp³-hybridized carbons (Fsp3) is 0.421. The second-order valence-electron chi connectivity index (χ2n) is 6.25. The van der Waals surface area contributed by atoms with Gasteiger partial charge in [-0.15, -0.1) is 0 Å². The third-order valence-corrected chi connectivity index (χ3v) is 4.37. The number of nitrogens with zero attached hydrogens (tertiary/aromatic N) is 4. The summed E-state index contributed by atoms with van der Waals surface area (Å²) in [5.74, 6) is 0.872. The van der Waals surface area contributed by atoms with Crippen LogP contribution >= 0.6 is 0 Å². The van der Waals surface area contributed by atoms with Crippen molar-refractivity contribution < 1.29 is 4.79 Å². The lowest BCUT2D eigenvalue weighted by Crippen LogP contribution is -2.40. The number of aromatic nitrogens is 2. The van der Waals surface area contributed by atoms with Crippen molar-refractivity contribution >= 4 is 11.9 Å². The van der Waals surface area contributed by atoms with E-state index < -0.39 is 0 Å². The first-order valence-corrected chi connectivity index (χ1v) is 8.86. The number of rotatable bonds is 6. The topological polar surface area (TPSA) is 61.4 Å². The summed E-state index contributed by atoms with van der Waals surface area (Å²) in [6.45, 7) is 4.69. The van der Waals surface area contributed by atoms with E-state index in [1.54, 1.807) is 12.4 Å². The van der Waals surface area contributed by atoms with Gasteiger partial charge in [-0.2, -0.15) is 0 Å². The predicted octanol–water partition coefficient (Wildman–Crippen LogP) is 1.35. The molecule has 3 rings (SSSR count). The molecule has 1 saturated heterocycles. The van der Waals surface area contributed by atoms with Gasteiger partial charge in [-0.05, 0) is 24.5 Å². The molecule has 6 heteroatoms. The van der Waals surface area contributed by atoms with Crippen LogP contribution in [0.2, 0.25) is 0 Å². The fourth-order valence-corrected chi connectivity index (χ4v) is 3.03. The van der Waals surface area contributed by atoms with Gasteiger partial charge in [0.2, 0.25) is 11.9 Å². The van der Waals surface area contributed by atoms with Crippen molar-refractivity contribution in [1.82, 2.24) is 20.2 Å². The summed E-state index contributed by atoms with van der Waals surface area (Å²) in [4.78, 5) is 25.2. The smallest absolute Gasteiger partial charge is 0.234 e. The quantitative estimate of drug-likeness (QED) is 0.861. The average Bonchev–Trinajstić information content (AvgIpc) is 2.89. The van der Waals surface area contributed by atoms with Gasteiger partial charge < -0.3 is 10.2 Å². The Balaban J connectivity index is 1.40. The molecule has 2 aromatic rings. The molecule has 1 aliphatic heterocycles. The molecule has 1 aromatic heterocycles. The van der Waals surface area contributed by atoms with Crippen molar-refractivity contribution in [3.05, 3.63) is 54.4 Å². The molecular formula is C19H25N5O. The van der Waals surface area contributed by atoms with Crippen LogP contribution in [0.3, 0.4) is 0 Å². The van der Waals surface area contributed by atoms with Crippen molar-refractivity contribution in [2.75, 3.05) is 44.2 Å². The van der Waals surface area contributed by atoms with Gasteiger partial charge in [0.15, 0.2) is 0 Å². The zero-order valence-corrected chi connectivity index (χ0v) is 14.5. The van der Waals surface area contributed by atoms with E-state index in [1.165, 1.54) is 5.56 Å². The van der Waals surface area contributed by atoms with Gasteiger partial charge in [0.05, 0.1) is 6.54 Å². The molecule has 1 aromatic carbocycles. The summed E-state index contributed by atoms with van der Waals surface area (Å²) >= 11 is 0. The normalized spacial score (nSPS) is 15.6. The molecule has 0 saturated carbocycles. The highest BCUT2D eigenvalue weighted by Gasteiger charge is 2.18. The van der Waals surface area contributed by atoms with E-state index in [2.05, 4.69) is 37.2 Å². The molecule has 132 valence electrons. The van der Waals surface area contributed by atoms with Crippen LogP contribution in [0.25, 0.3) is 0 Å². The second-order valence-corrected chi connectivity index (χ2v) is 6.25. The SMILES string of the molecule is O=C(CN1CCCN(c2ncccn2)CC1)NCCc1ccccc1. The fourth-order valence-electron chi connectivity index (χ4n) is 3.03. The van der Waals surface area contributed by atoms with E-state index in [4.69, 9.17) is 0 Å². The van der Waals surface area contributed by atoms with Gasteiger partial charge in [0, 0.05) is 45.1 Å². The summed E-state index contributed by atoms with van der Waals surface area (Å²) in [5.41, 5.74) is 1.25. The maximum Gasteiger partial charge on any atom is 0.234 e. The van der Waals surface area contributed by atoms with Crippen molar-refractivity contribution in [1.29, 1.82) is 0 Å². The van der Waals surface area contributed by atoms with Crippen LogP contribution in [0, 0.1) is 0 Å². The zero-order valence-electron chi connectivity index (χ0n) is 14.5. The molecule has 0 unspecified atom stereocenters. The van der Waals surface area contributed by atoms with Crippen LogP contribution in [-0.2, 0) is 11.2 Å². The van der Waals surface area contributed by atoms with Crippen LogP contribution in [0.5, 0.6) is 0 Å². The summed E-state index contributed by atoms with van der Waals surface area (Å²) in [6.07, 6.45) is 5.41. The van der Waals surface area contributed by atoms with Crippen LogP contribution < -0.4 is 10.2 Å². The first-order valence-electron chi connectivity index (χ1n) is 8.86. The lowest BCUT2D eigenvalue weighted by atomic mass is 10.1. The Hall–Kier alpha value is -2.47. The largest absolute Gasteiger partial charge is 0.355 e. The number of carbonyl (C=O) groups excluding carboxylic acids is 1. The Bertz CT molecular complexity index is 649. The summed E-state index contributed by atoms with van der Waals surface area (Å²) in [6, 6.07) is 12.0. The molecule has 6 nitrogen and oxygen atoms in total. The lowest BCUT2D eigenvalue weighted by Gasteiger charge is -2.21. The van der Waals surface area contributed by atoms with Crippen LogP contribution in [0.15, 0.2) is 48.8 Å². The molecule has 25 heavy (non-hydrogen) atoms. The minimum atomic E-state index is 0.0975. The van der Waals surface area contributed by atoms with E-state index in [1.807, 2.05) is 24.3 Å². The molecule has 1 aliphatic rings. The van der Waals surface area contributed by atoms with Gasteiger partial charge >= 0.3 is 0 Å². The molecule has 0 bridgehead atoms. The van der Waals surface area contributed by atoms with E-state index in [-0.39, 0.29) is 5.91 Å². The Morgan fingerprint density at radius 3 is 2.60 bits per heavy atom. The summed E-state index contributed by atoms with van der Waals surface area (Å²) < 4.78 is 0.